The van der Waals surface area contributed by atoms with Crippen LogP contribution in [-0.4, -0.2) is 81.8 Å². The number of hydrogen-bond acceptors (Lipinski definition) is 8. The molecule has 0 bridgehead atoms. The molecule has 1 heterocycles. The summed E-state index contributed by atoms with van der Waals surface area (Å²) in [5.74, 6) is 1.53. The summed E-state index contributed by atoms with van der Waals surface area (Å²) in [5, 5.41) is 4.80. The van der Waals surface area contributed by atoms with Crippen molar-refractivity contribution in [3.8, 4) is 0 Å². The first-order valence-electron chi connectivity index (χ1n) is 14.4. The van der Waals surface area contributed by atoms with Gasteiger partial charge in [-0.05, 0) is 20.3 Å². The van der Waals surface area contributed by atoms with Crippen LogP contribution in [0.25, 0.3) is 0 Å². The van der Waals surface area contributed by atoms with Crippen LogP contribution in [0.15, 0.2) is 0 Å². The van der Waals surface area contributed by atoms with Crippen LogP contribution in [-0.2, 0) is 35.0 Å². The first-order valence-corrected chi connectivity index (χ1v) is 14.4. The van der Waals surface area contributed by atoms with E-state index in [1.165, 1.54) is 57.8 Å². The summed E-state index contributed by atoms with van der Waals surface area (Å²) in [6, 6.07) is 0. The largest absolute Gasteiger partial charge is 0.382 e. The van der Waals surface area contributed by atoms with Crippen LogP contribution >= 0.6 is 0 Å². The van der Waals surface area contributed by atoms with Crippen molar-refractivity contribution in [3.63, 3.8) is 0 Å². The fraction of sp³-hybridized carbons (Fsp3) is 0.929. The predicted molar refractivity (Wildman–Crippen MR) is 146 cm³/mol. The Morgan fingerprint density at radius 1 is 0.622 bits per heavy atom. The number of hydrogen-bond donors (Lipinski definition) is 0. The molecule has 9 nitrogen and oxygen atoms in total. The van der Waals surface area contributed by atoms with E-state index in [-0.39, 0.29) is 12.2 Å². The number of unbranched alkanes of at least 4 members (excludes halogenated alkanes) is 9. The zero-order valence-electron chi connectivity index (χ0n) is 24.4. The Labute approximate surface area is 225 Å². The van der Waals surface area contributed by atoms with Gasteiger partial charge >= 0.3 is 0 Å². The third-order valence-electron chi connectivity index (χ3n) is 6.22. The van der Waals surface area contributed by atoms with Crippen molar-refractivity contribution in [1.82, 2.24) is 14.8 Å². The van der Waals surface area contributed by atoms with Gasteiger partial charge in [-0.3, -0.25) is 0 Å². The second-order valence-electron chi connectivity index (χ2n) is 9.47. The topological polar surface area (TPSA) is 86.1 Å². The highest BCUT2D eigenvalue weighted by molar-refractivity contribution is 4.99. The molecular weight excluding hydrogens is 474 g/mol. The van der Waals surface area contributed by atoms with E-state index in [0.29, 0.717) is 58.7 Å². The average molecular weight is 530 g/mol. The minimum Gasteiger partial charge on any atom is -0.382 e. The second kappa shape index (κ2) is 24.0. The molecule has 0 spiro atoms. The zero-order valence-corrected chi connectivity index (χ0v) is 24.4. The molecule has 0 aliphatic carbocycles. The lowest BCUT2D eigenvalue weighted by Gasteiger charge is -2.14. The first kappa shape index (κ1) is 33.9. The van der Waals surface area contributed by atoms with Crippen molar-refractivity contribution in [1.29, 1.82) is 0 Å². The lowest BCUT2D eigenvalue weighted by Crippen LogP contribution is -2.14. The van der Waals surface area contributed by atoms with E-state index < -0.39 is 0 Å². The van der Waals surface area contributed by atoms with E-state index in [1.807, 2.05) is 18.5 Å². The van der Waals surface area contributed by atoms with Crippen molar-refractivity contribution in [2.24, 2.45) is 0 Å². The van der Waals surface area contributed by atoms with E-state index in [9.17, 15) is 0 Å². The number of aromatic nitrogens is 3. The standard InChI is InChI=1S/C28H55N3O6/c1-6-7-8-9-10-11-12-13-14-15-16-31-28(26(3)37-24-22-35-20-18-33-5)29-27(30-31)25(2)36-23-21-34-19-17-32-4/h25-26H,6-24H2,1-5H3/t25-,26-/m0/s1. The van der Waals surface area contributed by atoms with E-state index >= 15 is 0 Å². The monoisotopic (exact) mass is 529 g/mol. The third-order valence-corrected chi connectivity index (χ3v) is 6.22. The Morgan fingerprint density at radius 3 is 1.65 bits per heavy atom. The van der Waals surface area contributed by atoms with Gasteiger partial charge in [-0.1, -0.05) is 64.7 Å². The maximum absolute atomic E-state index is 6.02. The second-order valence-corrected chi connectivity index (χ2v) is 9.47. The van der Waals surface area contributed by atoms with Crippen molar-refractivity contribution in [3.05, 3.63) is 11.6 Å². The molecule has 0 unspecified atom stereocenters. The van der Waals surface area contributed by atoms with Crippen LogP contribution in [0.4, 0.5) is 0 Å². The molecule has 0 aromatic carbocycles. The van der Waals surface area contributed by atoms with Gasteiger partial charge < -0.3 is 28.4 Å². The number of rotatable bonds is 27. The molecule has 0 aliphatic heterocycles. The molecule has 0 saturated heterocycles. The zero-order chi connectivity index (χ0) is 27.0. The van der Waals surface area contributed by atoms with Crippen molar-refractivity contribution < 1.29 is 28.4 Å². The lowest BCUT2D eigenvalue weighted by molar-refractivity contribution is -0.00616. The van der Waals surface area contributed by atoms with Gasteiger partial charge in [-0.15, -0.1) is 0 Å². The summed E-state index contributed by atoms with van der Waals surface area (Å²) in [5.41, 5.74) is 0. The highest BCUT2D eigenvalue weighted by Gasteiger charge is 2.20. The fourth-order valence-corrected chi connectivity index (χ4v) is 3.96. The lowest BCUT2D eigenvalue weighted by atomic mass is 10.1. The van der Waals surface area contributed by atoms with E-state index in [1.54, 1.807) is 14.2 Å². The van der Waals surface area contributed by atoms with Gasteiger partial charge in [0, 0.05) is 20.8 Å². The molecule has 218 valence electrons. The Kier molecular flexibility index (Phi) is 22.0. The first-order chi connectivity index (χ1) is 18.1. The number of nitrogens with zero attached hydrogens (tertiary/aromatic N) is 3. The van der Waals surface area contributed by atoms with Gasteiger partial charge in [0.15, 0.2) is 11.6 Å². The van der Waals surface area contributed by atoms with E-state index in [4.69, 9.17) is 38.5 Å². The summed E-state index contributed by atoms with van der Waals surface area (Å²) in [7, 11) is 3.33. The van der Waals surface area contributed by atoms with Crippen LogP contribution in [0, 0.1) is 0 Å². The average Bonchev–Trinajstić information content (AvgIpc) is 3.33. The fourth-order valence-electron chi connectivity index (χ4n) is 3.96. The van der Waals surface area contributed by atoms with Gasteiger partial charge in [-0.2, -0.15) is 5.10 Å². The minimum atomic E-state index is -0.219. The van der Waals surface area contributed by atoms with E-state index in [2.05, 4.69) is 6.92 Å². The number of ether oxygens (including phenoxy) is 6. The maximum atomic E-state index is 6.02. The third kappa shape index (κ3) is 17.2. The molecule has 0 aliphatic rings. The van der Waals surface area contributed by atoms with E-state index in [0.717, 1.165) is 18.8 Å². The Bertz CT molecular complexity index is 631. The highest BCUT2D eigenvalue weighted by Crippen LogP contribution is 2.20. The molecule has 0 radical (unpaired) electrons. The van der Waals surface area contributed by atoms with Crippen molar-refractivity contribution >= 4 is 0 Å². The smallest absolute Gasteiger partial charge is 0.179 e. The molecule has 1 aromatic heterocycles. The van der Waals surface area contributed by atoms with Gasteiger partial charge in [0.05, 0.1) is 52.9 Å². The minimum absolute atomic E-state index is 0.181. The molecule has 0 N–H and O–H groups in total. The van der Waals surface area contributed by atoms with Crippen molar-refractivity contribution in [2.75, 3.05) is 67.1 Å². The summed E-state index contributed by atoms with van der Waals surface area (Å²) >= 11 is 0. The molecule has 37 heavy (non-hydrogen) atoms. The summed E-state index contributed by atoms with van der Waals surface area (Å²) in [4.78, 5) is 4.81. The molecule has 0 saturated carbocycles. The van der Waals surface area contributed by atoms with Gasteiger partial charge in [0.1, 0.15) is 12.2 Å². The van der Waals surface area contributed by atoms with Crippen LogP contribution < -0.4 is 0 Å². The van der Waals surface area contributed by atoms with Crippen LogP contribution in [0.3, 0.4) is 0 Å². The van der Waals surface area contributed by atoms with Gasteiger partial charge in [-0.25, -0.2) is 9.67 Å². The Hall–Kier alpha value is -1.10. The number of methoxy groups -OCH3 is 2. The molecule has 2 atom stereocenters. The van der Waals surface area contributed by atoms with Crippen molar-refractivity contribution in [2.45, 2.75) is 104 Å². The maximum Gasteiger partial charge on any atom is 0.179 e. The molecule has 9 heteroatoms. The predicted octanol–water partition coefficient (Wildman–Crippen LogP) is 5.68. The van der Waals surface area contributed by atoms with Gasteiger partial charge in [0.2, 0.25) is 0 Å². The molecule has 1 rings (SSSR count). The summed E-state index contributed by atoms with van der Waals surface area (Å²) in [6.45, 7) is 11.4. The molecule has 1 aromatic rings. The Morgan fingerprint density at radius 2 is 1.11 bits per heavy atom. The Balaban J connectivity index is 2.51. The van der Waals surface area contributed by atoms with Crippen LogP contribution in [0.5, 0.6) is 0 Å². The summed E-state index contributed by atoms with van der Waals surface area (Å²) in [6.07, 6.45) is 12.7. The molecule has 0 fully saturated rings. The molecular formula is C28H55N3O6. The highest BCUT2D eigenvalue weighted by atomic mass is 16.5. The van der Waals surface area contributed by atoms with Gasteiger partial charge in [0.25, 0.3) is 0 Å². The normalized spacial score (nSPS) is 13.3. The SMILES string of the molecule is CCCCCCCCCCCCn1nc([C@H](C)OCCOCCOC)nc1[C@H](C)OCCOCCOC. The van der Waals surface area contributed by atoms with Crippen LogP contribution in [0.2, 0.25) is 0 Å². The summed E-state index contributed by atoms with van der Waals surface area (Å²) < 4.78 is 35.0. The van der Waals surface area contributed by atoms with Crippen LogP contribution in [0.1, 0.15) is 109 Å². The number of aryl methyl sites for hydroxylation is 1. The molecule has 0 amide bonds. The quantitative estimate of drug-likeness (QED) is 0.135.